The van der Waals surface area contributed by atoms with Crippen LogP contribution in [0.15, 0.2) is 30.5 Å². The second kappa shape index (κ2) is 7.18. The van der Waals surface area contributed by atoms with E-state index in [0.29, 0.717) is 24.6 Å². The molecular formula is C21H25N3O3. The highest BCUT2D eigenvalue weighted by Crippen LogP contribution is 2.43. The average Bonchev–Trinajstić information content (AvgIpc) is 3.45. The van der Waals surface area contributed by atoms with Gasteiger partial charge in [0.2, 0.25) is 5.91 Å². The molecule has 6 nitrogen and oxygen atoms in total. The largest absolute Gasteiger partial charge is 0.493 e. The molecule has 6 heteroatoms. The molecule has 1 saturated heterocycles. The summed E-state index contributed by atoms with van der Waals surface area (Å²) in [6, 6.07) is 7.99. The topological polar surface area (TPSA) is 64.5 Å². The lowest BCUT2D eigenvalue weighted by molar-refractivity contribution is -0.131. The zero-order valence-corrected chi connectivity index (χ0v) is 16.0. The van der Waals surface area contributed by atoms with Crippen LogP contribution in [0.1, 0.15) is 41.8 Å². The molecule has 142 valence electrons. The molecule has 0 bridgehead atoms. The van der Waals surface area contributed by atoms with Crippen molar-refractivity contribution in [1.82, 2.24) is 14.9 Å². The van der Waals surface area contributed by atoms with Crippen LogP contribution in [-0.2, 0) is 4.79 Å². The van der Waals surface area contributed by atoms with Crippen LogP contribution in [-0.4, -0.2) is 48.1 Å². The predicted molar refractivity (Wildman–Crippen MR) is 101 cm³/mol. The summed E-state index contributed by atoms with van der Waals surface area (Å²) in [6.45, 7) is 3.31. The lowest BCUT2D eigenvalue weighted by atomic mass is 9.86. The Labute approximate surface area is 159 Å². The minimum atomic E-state index is 0.146. The third-order valence-electron chi connectivity index (χ3n) is 5.57. The molecule has 0 unspecified atom stereocenters. The zero-order valence-electron chi connectivity index (χ0n) is 16.0. The third-order valence-corrected chi connectivity index (χ3v) is 5.57. The van der Waals surface area contributed by atoms with E-state index >= 15 is 0 Å². The van der Waals surface area contributed by atoms with Crippen molar-refractivity contribution in [3.8, 4) is 11.5 Å². The summed E-state index contributed by atoms with van der Waals surface area (Å²) in [5.41, 5.74) is 2.13. The highest BCUT2D eigenvalue weighted by atomic mass is 16.5. The molecule has 2 fully saturated rings. The molecule has 0 N–H and O–H groups in total. The Kier molecular flexibility index (Phi) is 4.72. The van der Waals surface area contributed by atoms with Crippen LogP contribution in [0.3, 0.4) is 0 Å². The van der Waals surface area contributed by atoms with Crippen LogP contribution >= 0.6 is 0 Å². The van der Waals surface area contributed by atoms with E-state index in [4.69, 9.17) is 9.47 Å². The lowest BCUT2D eigenvalue weighted by Crippen LogP contribution is -2.30. The summed E-state index contributed by atoms with van der Waals surface area (Å²) >= 11 is 0. The first-order valence-electron chi connectivity index (χ1n) is 9.41. The number of aryl methyl sites for hydroxylation is 1. The van der Waals surface area contributed by atoms with Gasteiger partial charge in [-0.1, -0.05) is 6.07 Å². The minimum Gasteiger partial charge on any atom is -0.493 e. The van der Waals surface area contributed by atoms with E-state index in [1.165, 1.54) is 0 Å². The first-order valence-corrected chi connectivity index (χ1v) is 9.41. The molecule has 1 aromatic carbocycles. The number of carbonyl (C=O) groups excluding carboxylic acids is 1. The number of hydrogen-bond donors (Lipinski definition) is 0. The fourth-order valence-corrected chi connectivity index (χ4v) is 3.97. The number of carbonyl (C=O) groups is 1. The van der Waals surface area contributed by atoms with Crippen LogP contribution < -0.4 is 9.47 Å². The molecule has 27 heavy (non-hydrogen) atoms. The van der Waals surface area contributed by atoms with Gasteiger partial charge in [0.15, 0.2) is 11.5 Å². The molecule has 0 spiro atoms. The Bertz CT molecular complexity index is 850. The van der Waals surface area contributed by atoms with Gasteiger partial charge in [-0.15, -0.1) is 0 Å². The number of aromatic nitrogens is 2. The summed E-state index contributed by atoms with van der Waals surface area (Å²) < 4.78 is 10.9. The summed E-state index contributed by atoms with van der Waals surface area (Å²) in [6.07, 6.45) is 3.84. The molecule has 1 amide bonds. The molecule has 1 aliphatic carbocycles. The minimum absolute atomic E-state index is 0.146. The van der Waals surface area contributed by atoms with E-state index in [9.17, 15) is 4.79 Å². The molecule has 0 radical (unpaired) electrons. The van der Waals surface area contributed by atoms with E-state index in [-0.39, 0.29) is 23.7 Å². The first kappa shape index (κ1) is 17.8. The summed E-state index contributed by atoms with van der Waals surface area (Å²) in [4.78, 5) is 23.6. The normalized spacial score (nSPS) is 22.0. The number of likely N-dealkylation sites (tertiary alicyclic amines) is 1. The van der Waals surface area contributed by atoms with Crippen molar-refractivity contribution in [2.24, 2.45) is 5.92 Å². The number of methoxy groups -OCH3 is 2. The van der Waals surface area contributed by atoms with Crippen molar-refractivity contribution in [1.29, 1.82) is 0 Å². The number of hydrogen-bond acceptors (Lipinski definition) is 5. The highest BCUT2D eigenvalue weighted by molar-refractivity contribution is 5.81. The van der Waals surface area contributed by atoms with Crippen LogP contribution in [0.2, 0.25) is 0 Å². The van der Waals surface area contributed by atoms with Crippen LogP contribution in [0.25, 0.3) is 0 Å². The van der Waals surface area contributed by atoms with Gasteiger partial charge in [0.05, 0.1) is 14.2 Å². The smallest absolute Gasteiger partial charge is 0.225 e. The summed E-state index contributed by atoms with van der Waals surface area (Å²) in [7, 11) is 3.28. The van der Waals surface area contributed by atoms with Gasteiger partial charge in [0.1, 0.15) is 5.82 Å². The molecule has 1 aliphatic heterocycles. The van der Waals surface area contributed by atoms with Crippen molar-refractivity contribution >= 4 is 5.91 Å². The van der Waals surface area contributed by atoms with Gasteiger partial charge in [-0.05, 0) is 43.5 Å². The van der Waals surface area contributed by atoms with Gasteiger partial charge < -0.3 is 14.4 Å². The van der Waals surface area contributed by atoms with Crippen molar-refractivity contribution < 1.29 is 14.3 Å². The molecular weight excluding hydrogens is 342 g/mol. The fourth-order valence-electron chi connectivity index (χ4n) is 3.97. The first-order chi connectivity index (χ1) is 13.1. The second-order valence-corrected chi connectivity index (χ2v) is 7.37. The number of benzene rings is 1. The number of amides is 1. The highest BCUT2D eigenvalue weighted by Gasteiger charge is 2.42. The Hall–Kier alpha value is -2.63. The molecule has 2 heterocycles. The van der Waals surface area contributed by atoms with Gasteiger partial charge in [0, 0.05) is 42.7 Å². The van der Waals surface area contributed by atoms with Gasteiger partial charge in [0.25, 0.3) is 0 Å². The SMILES string of the molecule is COc1ccc([C@@H]2CN(C(=O)C3CC3)C[C@H]2c2ccnc(C)n2)cc1OC. The maximum atomic E-state index is 12.7. The lowest BCUT2D eigenvalue weighted by Gasteiger charge is -2.19. The predicted octanol–water partition coefficient (Wildman–Crippen LogP) is 2.92. The molecule has 4 rings (SSSR count). The molecule has 1 aromatic heterocycles. The summed E-state index contributed by atoms with van der Waals surface area (Å²) in [5, 5.41) is 0. The van der Waals surface area contributed by atoms with Crippen molar-refractivity contribution in [2.45, 2.75) is 31.6 Å². The van der Waals surface area contributed by atoms with Gasteiger partial charge >= 0.3 is 0 Å². The van der Waals surface area contributed by atoms with Crippen molar-refractivity contribution in [2.75, 3.05) is 27.3 Å². The van der Waals surface area contributed by atoms with E-state index < -0.39 is 0 Å². The number of ether oxygens (including phenoxy) is 2. The third kappa shape index (κ3) is 3.48. The maximum Gasteiger partial charge on any atom is 0.225 e. The van der Waals surface area contributed by atoms with Crippen LogP contribution in [0.4, 0.5) is 0 Å². The number of nitrogens with zero attached hydrogens (tertiary/aromatic N) is 3. The maximum absolute atomic E-state index is 12.7. The second-order valence-electron chi connectivity index (χ2n) is 7.37. The van der Waals surface area contributed by atoms with E-state index in [1.54, 1.807) is 20.4 Å². The van der Waals surface area contributed by atoms with Crippen molar-refractivity contribution in [3.63, 3.8) is 0 Å². The molecule has 2 aliphatic rings. The quantitative estimate of drug-likeness (QED) is 0.813. The van der Waals surface area contributed by atoms with Crippen molar-refractivity contribution in [3.05, 3.63) is 47.5 Å². The van der Waals surface area contributed by atoms with E-state index in [0.717, 1.165) is 29.9 Å². The Morgan fingerprint density at radius 1 is 1.07 bits per heavy atom. The van der Waals surface area contributed by atoms with Crippen LogP contribution in [0.5, 0.6) is 11.5 Å². The number of rotatable bonds is 5. The molecule has 1 saturated carbocycles. The van der Waals surface area contributed by atoms with Gasteiger partial charge in [-0.2, -0.15) is 0 Å². The van der Waals surface area contributed by atoms with E-state index in [1.807, 2.05) is 30.0 Å². The van der Waals surface area contributed by atoms with Crippen LogP contribution in [0, 0.1) is 12.8 Å². The Balaban J connectivity index is 1.69. The average molecular weight is 367 g/mol. The Morgan fingerprint density at radius 2 is 1.81 bits per heavy atom. The van der Waals surface area contributed by atoms with Gasteiger partial charge in [-0.3, -0.25) is 4.79 Å². The van der Waals surface area contributed by atoms with E-state index in [2.05, 4.69) is 16.0 Å². The molecule has 2 atom stereocenters. The standard InChI is InChI=1S/C21H25N3O3/c1-13-22-9-8-18(23-13)17-12-24(21(25)14-4-5-14)11-16(17)15-6-7-19(26-2)20(10-15)27-3/h6-10,14,16-17H,4-5,11-12H2,1-3H3/t16-,17+/m0/s1. The zero-order chi connectivity index (χ0) is 19.0. The molecule has 2 aromatic rings. The Morgan fingerprint density at radius 3 is 2.48 bits per heavy atom. The monoisotopic (exact) mass is 367 g/mol. The summed E-state index contributed by atoms with van der Waals surface area (Å²) in [5.74, 6) is 3.00. The fraction of sp³-hybridized carbons (Fsp3) is 0.476. The van der Waals surface area contributed by atoms with Gasteiger partial charge in [-0.25, -0.2) is 9.97 Å².